The molecule has 0 bridgehead atoms. The van der Waals surface area contributed by atoms with E-state index in [9.17, 15) is 14.0 Å². The molecular formula is C20H16FN3O2. The molecule has 3 aromatic rings. The second-order valence-electron chi connectivity index (χ2n) is 6.14. The van der Waals surface area contributed by atoms with Gasteiger partial charge in [-0.2, -0.15) is 0 Å². The SMILES string of the molecule is O=C(c1cnc2ccccn2c1=O)N1CC=C(c2ccc(F)cc2)CC1. The van der Waals surface area contributed by atoms with Crippen molar-refractivity contribution >= 4 is 17.1 Å². The van der Waals surface area contributed by atoms with Crippen molar-refractivity contribution in [3.8, 4) is 0 Å². The molecule has 0 spiro atoms. The lowest BCUT2D eigenvalue weighted by molar-refractivity contribution is 0.0770. The summed E-state index contributed by atoms with van der Waals surface area (Å²) >= 11 is 0. The van der Waals surface area contributed by atoms with E-state index in [4.69, 9.17) is 0 Å². The molecule has 0 fully saturated rings. The molecule has 1 aliphatic heterocycles. The highest BCUT2D eigenvalue weighted by Crippen LogP contribution is 2.23. The zero-order chi connectivity index (χ0) is 18.1. The van der Waals surface area contributed by atoms with Crippen molar-refractivity contribution in [2.45, 2.75) is 6.42 Å². The lowest BCUT2D eigenvalue weighted by Crippen LogP contribution is -2.38. The minimum absolute atomic E-state index is 0.0623. The van der Waals surface area contributed by atoms with Crippen LogP contribution in [-0.4, -0.2) is 33.3 Å². The zero-order valence-corrected chi connectivity index (χ0v) is 13.9. The van der Waals surface area contributed by atoms with Crippen molar-refractivity contribution in [2.24, 2.45) is 0 Å². The van der Waals surface area contributed by atoms with Crippen molar-refractivity contribution in [3.05, 3.63) is 88.2 Å². The van der Waals surface area contributed by atoms with Gasteiger partial charge >= 0.3 is 0 Å². The second-order valence-corrected chi connectivity index (χ2v) is 6.14. The second kappa shape index (κ2) is 6.55. The van der Waals surface area contributed by atoms with Crippen LogP contribution < -0.4 is 5.56 Å². The van der Waals surface area contributed by atoms with E-state index >= 15 is 0 Å². The van der Waals surface area contributed by atoms with E-state index in [-0.39, 0.29) is 22.8 Å². The molecule has 0 saturated carbocycles. The Hall–Kier alpha value is -3.28. The molecule has 6 heteroatoms. The standard InChI is InChI=1S/C20H16FN3O2/c21-16-6-4-14(5-7-16)15-8-11-23(12-9-15)19(25)17-13-22-18-3-1-2-10-24(18)20(17)26/h1-8,10,13H,9,11-12H2. The van der Waals surface area contributed by atoms with Crippen LogP contribution in [0.4, 0.5) is 4.39 Å². The van der Waals surface area contributed by atoms with Crippen LogP contribution in [0.25, 0.3) is 11.2 Å². The number of hydrogen-bond donors (Lipinski definition) is 0. The molecule has 5 nitrogen and oxygen atoms in total. The molecule has 0 aliphatic carbocycles. The van der Waals surface area contributed by atoms with Crippen molar-refractivity contribution in [1.29, 1.82) is 0 Å². The average molecular weight is 349 g/mol. The summed E-state index contributed by atoms with van der Waals surface area (Å²) in [5.41, 5.74) is 2.22. The number of amides is 1. The summed E-state index contributed by atoms with van der Waals surface area (Å²) in [5.74, 6) is -0.596. The molecule has 130 valence electrons. The third kappa shape index (κ3) is 2.90. The molecule has 0 unspecified atom stereocenters. The van der Waals surface area contributed by atoms with Gasteiger partial charge in [-0.1, -0.05) is 24.3 Å². The van der Waals surface area contributed by atoms with E-state index in [1.807, 2.05) is 6.08 Å². The topological polar surface area (TPSA) is 54.7 Å². The van der Waals surface area contributed by atoms with Crippen molar-refractivity contribution in [1.82, 2.24) is 14.3 Å². The lowest BCUT2D eigenvalue weighted by Gasteiger charge is -2.26. The van der Waals surface area contributed by atoms with E-state index in [2.05, 4.69) is 4.98 Å². The summed E-state index contributed by atoms with van der Waals surface area (Å²) in [4.78, 5) is 31.1. The summed E-state index contributed by atoms with van der Waals surface area (Å²) in [7, 11) is 0. The maximum atomic E-state index is 13.0. The lowest BCUT2D eigenvalue weighted by atomic mass is 9.99. The molecule has 0 saturated heterocycles. The number of pyridine rings is 1. The van der Waals surface area contributed by atoms with Crippen molar-refractivity contribution in [2.75, 3.05) is 13.1 Å². The fourth-order valence-corrected chi connectivity index (χ4v) is 3.12. The van der Waals surface area contributed by atoms with Gasteiger partial charge in [-0.05, 0) is 41.8 Å². The largest absolute Gasteiger partial charge is 0.334 e. The molecule has 1 amide bonds. The Morgan fingerprint density at radius 1 is 1.12 bits per heavy atom. The van der Waals surface area contributed by atoms with Crippen LogP contribution in [0, 0.1) is 5.82 Å². The van der Waals surface area contributed by atoms with Crippen LogP contribution in [0.1, 0.15) is 22.3 Å². The van der Waals surface area contributed by atoms with Crippen LogP contribution in [0.15, 0.2) is 65.7 Å². The van der Waals surface area contributed by atoms with Crippen LogP contribution >= 0.6 is 0 Å². The summed E-state index contributed by atoms with van der Waals surface area (Å²) in [5, 5.41) is 0. The molecule has 1 aliphatic rings. The summed E-state index contributed by atoms with van der Waals surface area (Å²) in [6.45, 7) is 0.904. The van der Waals surface area contributed by atoms with Crippen LogP contribution in [-0.2, 0) is 0 Å². The third-order valence-corrected chi connectivity index (χ3v) is 4.56. The van der Waals surface area contributed by atoms with Gasteiger partial charge in [-0.15, -0.1) is 0 Å². The summed E-state index contributed by atoms with van der Waals surface area (Å²) in [6, 6.07) is 11.5. The van der Waals surface area contributed by atoms with E-state index < -0.39 is 0 Å². The number of aromatic nitrogens is 2. The monoisotopic (exact) mass is 349 g/mol. The number of fused-ring (bicyclic) bond motifs is 1. The van der Waals surface area contributed by atoms with Gasteiger partial charge < -0.3 is 4.90 Å². The molecule has 26 heavy (non-hydrogen) atoms. The van der Waals surface area contributed by atoms with Crippen molar-refractivity contribution in [3.63, 3.8) is 0 Å². The Morgan fingerprint density at radius 3 is 2.65 bits per heavy atom. The smallest absolute Gasteiger partial charge is 0.270 e. The first-order valence-electron chi connectivity index (χ1n) is 8.34. The summed E-state index contributed by atoms with van der Waals surface area (Å²) < 4.78 is 14.4. The molecule has 1 aromatic carbocycles. The highest BCUT2D eigenvalue weighted by molar-refractivity contribution is 5.94. The average Bonchev–Trinajstić information content (AvgIpc) is 2.69. The van der Waals surface area contributed by atoms with E-state index in [0.29, 0.717) is 25.2 Å². The fourth-order valence-electron chi connectivity index (χ4n) is 3.12. The van der Waals surface area contributed by atoms with Gasteiger partial charge in [0.1, 0.15) is 17.0 Å². The quantitative estimate of drug-likeness (QED) is 0.715. The van der Waals surface area contributed by atoms with E-state index in [1.54, 1.807) is 41.4 Å². The van der Waals surface area contributed by atoms with Gasteiger partial charge in [0, 0.05) is 25.5 Å². The van der Waals surface area contributed by atoms with Gasteiger partial charge in [0.25, 0.3) is 11.5 Å². The maximum Gasteiger partial charge on any atom is 0.270 e. The van der Waals surface area contributed by atoms with Crippen LogP contribution in [0.3, 0.4) is 0 Å². The number of benzene rings is 1. The molecule has 0 radical (unpaired) electrons. The predicted octanol–water partition coefficient (Wildman–Crippen LogP) is 2.76. The Kier molecular flexibility index (Phi) is 4.08. The Bertz CT molecular complexity index is 1070. The molecule has 3 heterocycles. The third-order valence-electron chi connectivity index (χ3n) is 4.56. The Morgan fingerprint density at radius 2 is 1.92 bits per heavy atom. The van der Waals surface area contributed by atoms with Gasteiger partial charge in [0.05, 0.1) is 0 Å². The number of rotatable bonds is 2. The van der Waals surface area contributed by atoms with Crippen LogP contribution in [0.2, 0.25) is 0 Å². The molecule has 2 aromatic heterocycles. The predicted molar refractivity (Wildman–Crippen MR) is 96.4 cm³/mol. The van der Waals surface area contributed by atoms with Gasteiger partial charge in [-0.3, -0.25) is 14.0 Å². The van der Waals surface area contributed by atoms with E-state index in [1.165, 1.54) is 22.7 Å². The normalized spacial score (nSPS) is 14.3. The number of carbonyl (C=O) groups is 1. The number of halogens is 1. The Labute approximate surface area is 149 Å². The number of hydrogen-bond acceptors (Lipinski definition) is 3. The van der Waals surface area contributed by atoms with Gasteiger partial charge in [0.2, 0.25) is 0 Å². The zero-order valence-electron chi connectivity index (χ0n) is 13.9. The van der Waals surface area contributed by atoms with Gasteiger partial charge in [-0.25, -0.2) is 9.37 Å². The summed E-state index contributed by atoms with van der Waals surface area (Å²) in [6.07, 6.45) is 5.55. The highest BCUT2D eigenvalue weighted by atomic mass is 19.1. The fraction of sp³-hybridized carbons (Fsp3) is 0.150. The van der Waals surface area contributed by atoms with Crippen molar-refractivity contribution < 1.29 is 9.18 Å². The molecule has 0 atom stereocenters. The minimum atomic E-state index is -0.367. The van der Waals surface area contributed by atoms with E-state index in [0.717, 1.165) is 11.1 Å². The molecular weight excluding hydrogens is 333 g/mol. The Balaban J connectivity index is 1.58. The number of carbonyl (C=O) groups excluding carboxylic acids is 1. The first-order valence-corrected chi connectivity index (χ1v) is 8.34. The first kappa shape index (κ1) is 16.2. The highest BCUT2D eigenvalue weighted by Gasteiger charge is 2.22. The minimum Gasteiger partial charge on any atom is -0.334 e. The molecule has 4 rings (SSSR count). The molecule has 0 N–H and O–H groups in total. The van der Waals surface area contributed by atoms with Gasteiger partial charge in [0.15, 0.2) is 0 Å². The number of nitrogens with zero attached hydrogens (tertiary/aromatic N) is 3. The maximum absolute atomic E-state index is 13.0. The first-order chi connectivity index (χ1) is 12.6. The van der Waals surface area contributed by atoms with Crippen LogP contribution in [0.5, 0.6) is 0 Å².